The molecule has 114 valence electrons. The Hall–Kier alpha value is -1.10. The summed E-state index contributed by atoms with van der Waals surface area (Å²) in [4.78, 5) is 4.59. The van der Waals surface area contributed by atoms with E-state index in [1.165, 1.54) is 0 Å². The number of halogens is 1. The molecule has 1 atom stereocenters. The number of hydrogen-bond donors (Lipinski definition) is 1. The van der Waals surface area contributed by atoms with Gasteiger partial charge in [0.15, 0.2) is 0 Å². The molecule has 0 saturated heterocycles. The van der Waals surface area contributed by atoms with Gasteiger partial charge in [0.25, 0.3) is 0 Å². The second-order valence-corrected chi connectivity index (χ2v) is 7.40. The van der Waals surface area contributed by atoms with E-state index in [1.54, 1.807) is 36.5 Å². The molecule has 0 saturated carbocycles. The van der Waals surface area contributed by atoms with Gasteiger partial charge in [-0.05, 0) is 25.1 Å². The maximum Gasteiger partial charge on any atom is 0.140 e. The Balaban J connectivity index is 2.12. The molecule has 5 heteroatoms. The van der Waals surface area contributed by atoms with Crippen molar-refractivity contribution in [2.45, 2.75) is 45.8 Å². The second-order valence-electron chi connectivity index (χ2n) is 6.02. The number of aliphatic hydroxyl groups is 1. The molecule has 2 rings (SSSR count). The lowest BCUT2D eigenvalue weighted by atomic mass is 9.93. The fourth-order valence-corrected chi connectivity index (χ4v) is 2.95. The van der Waals surface area contributed by atoms with Crippen LogP contribution in [0.2, 0.25) is 5.02 Å². The van der Waals surface area contributed by atoms with Crippen LogP contribution in [0.4, 0.5) is 0 Å². The molecule has 1 aromatic heterocycles. The summed E-state index contributed by atoms with van der Waals surface area (Å²) in [6.45, 7) is 8.49. The molecule has 0 unspecified atom stereocenters. The summed E-state index contributed by atoms with van der Waals surface area (Å²) in [5.74, 6) is 0.641. The van der Waals surface area contributed by atoms with Crippen molar-refractivity contribution in [3.8, 4) is 5.75 Å². The minimum absolute atomic E-state index is 0.0415. The summed E-state index contributed by atoms with van der Waals surface area (Å²) in [6.07, 6.45) is -0.625. The number of nitrogens with zero attached hydrogens (tertiary/aromatic N) is 1. The Morgan fingerprint density at radius 2 is 2.10 bits per heavy atom. The lowest BCUT2D eigenvalue weighted by Gasteiger charge is -2.14. The summed E-state index contributed by atoms with van der Waals surface area (Å²) in [5, 5.41) is 13.4. The van der Waals surface area contributed by atoms with Crippen molar-refractivity contribution in [1.29, 1.82) is 0 Å². The minimum atomic E-state index is -0.625. The Bertz CT molecular complexity index is 617. The lowest BCUT2D eigenvalue weighted by molar-refractivity contribution is 0.190. The van der Waals surface area contributed by atoms with Gasteiger partial charge in [-0.1, -0.05) is 32.4 Å². The summed E-state index contributed by atoms with van der Waals surface area (Å²) in [7, 11) is 0. The van der Waals surface area contributed by atoms with Crippen molar-refractivity contribution in [2.75, 3.05) is 0 Å². The summed E-state index contributed by atoms with van der Waals surface area (Å²) in [5.41, 5.74) is 1.80. The maximum absolute atomic E-state index is 9.79. The van der Waals surface area contributed by atoms with Crippen LogP contribution < -0.4 is 4.74 Å². The van der Waals surface area contributed by atoms with E-state index in [0.717, 1.165) is 10.7 Å². The first-order valence-electron chi connectivity index (χ1n) is 6.82. The molecule has 1 aromatic carbocycles. The van der Waals surface area contributed by atoms with E-state index in [1.807, 2.05) is 0 Å². The van der Waals surface area contributed by atoms with Gasteiger partial charge in [0.05, 0.1) is 11.8 Å². The number of aromatic nitrogens is 1. The summed E-state index contributed by atoms with van der Waals surface area (Å²) >= 11 is 7.54. The van der Waals surface area contributed by atoms with Crippen LogP contribution in [-0.2, 0) is 12.0 Å². The van der Waals surface area contributed by atoms with Crippen molar-refractivity contribution in [3.63, 3.8) is 0 Å². The molecule has 1 heterocycles. The number of thiazole rings is 1. The minimum Gasteiger partial charge on any atom is -0.486 e. The fraction of sp³-hybridized carbons (Fsp3) is 0.438. The number of rotatable bonds is 4. The molecule has 1 N–H and O–H groups in total. The Morgan fingerprint density at radius 3 is 2.67 bits per heavy atom. The highest BCUT2D eigenvalue weighted by Crippen LogP contribution is 2.30. The van der Waals surface area contributed by atoms with Gasteiger partial charge >= 0.3 is 0 Å². The number of hydrogen-bond acceptors (Lipinski definition) is 4. The summed E-state index contributed by atoms with van der Waals surface area (Å²) in [6, 6.07) is 5.26. The van der Waals surface area contributed by atoms with Gasteiger partial charge in [-0.25, -0.2) is 4.98 Å². The first-order valence-corrected chi connectivity index (χ1v) is 8.08. The lowest BCUT2D eigenvalue weighted by Crippen LogP contribution is -2.11. The van der Waals surface area contributed by atoms with E-state index in [4.69, 9.17) is 16.3 Å². The fourth-order valence-electron chi connectivity index (χ4n) is 1.84. The third-order valence-corrected chi connectivity index (χ3v) is 4.15. The first kappa shape index (κ1) is 16.3. The highest BCUT2D eigenvalue weighted by atomic mass is 35.5. The molecule has 0 aliphatic carbocycles. The normalized spacial score (nSPS) is 13.2. The maximum atomic E-state index is 9.79. The van der Waals surface area contributed by atoms with Crippen molar-refractivity contribution in [2.24, 2.45) is 0 Å². The van der Waals surface area contributed by atoms with Gasteiger partial charge in [-0.2, -0.15) is 0 Å². The number of benzene rings is 1. The molecule has 0 amide bonds. The van der Waals surface area contributed by atoms with Crippen LogP contribution in [0.25, 0.3) is 0 Å². The van der Waals surface area contributed by atoms with Crippen molar-refractivity contribution >= 4 is 22.9 Å². The van der Waals surface area contributed by atoms with Crippen molar-refractivity contribution in [3.05, 3.63) is 44.9 Å². The first-order chi connectivity index (χ1) is 9.77. The molecule has 2 aromatic rings. The Labute approximate surface area is 134 Å². The molecule has 0 fully saturated rings. The Kier molecular flexibility index (Phi) is 4.91. The molecule has 21 heavy (non-hydrogen) atoms. The zero-order valence-corrected chi connectivity index (χ0v) is 14.3. The molecular weight excluding hydrogens is 306 g/mol. The van der Waals surface area contributed by atoms with Crippen molar-refractivity contribution < 1.29 is 9.84 Å². The molecule has 0 aliphatic heterocycles. The van der Waals surface area contributed by atoms with Crippen molar-refractivity contribution in [1.82, 2.24) is 4.98 Å². The number of aliphatic hydroxyl groups excluding tert-OH is 1. The van der Waals surface area contributed by atoms with Gasteiger partial charge in [0.1, 0.15) is 17.4 Å². The average molecular weight is 326 g/mol. The molecule has 3 nitrogen and oxygen atoms in total. The largest absolute Gasteiger partial charge is 0.486 e. The van der Waals surface area contributed by atoms with Crippen LogP contribution in [-0.4, -0.2) is 10.1 Å². The smallest absolute Gasteiger partial charge is 0.140 e. The second kappa shape index (κ2) is 6.34. The highest BCUT2D eigenvalue weighted by Gasteiger charge is 2.18. The van der Waals surface area contributed by atoms with Gasteiger partial charge < -0.3 is 9.84 Å². The standard InChI is InChI=1S/C16H20ClNO2S/c1-10(19)12-7-11(17)5-6-13(12)20-8-15-18-14(9-21-15)16(2,3)4/h5-7,9-10,19H,8H2,1-4H3/t10-/m1/s1. The van der Waals surface area contributed by atoms with Gasteiger partial charge in [-0.15, -0.1) is 11.3 Å². The topological polar surface area (TPSA) is 42.4 Å². The molecule has 0 aliphatic rings. The van der Waals surface area contributed by atoms with Crippen LogP contribution in [0, 0.1) is 0 Å². The zero-order chi connectivity index (χ0) is 15.6. The van der Waals surface area contributed by atoms with Crippen LogP contribution in [0.15, 0.2) is 23.6 Å². The van der Waals surface area contributed by atoms with Gasteiger partial charge in [0.2, 0.25) is 0 Å². The van der Waals surface area contributed by atoms with E-state index in [0.29, 0.717) is 22.9 Å². The van der Waals surface area contributed by atoms with Crippen LogP contribution in [0.1, 0.15) is 50.1 Å². The molecule has 0 bridgehead atoms. The van der Waals surface area contributed by atoms with E-state index >= 15 is 0 Å². The third-order valence-electron chi connectivity index (χ3n) is 3.09. The molecule has 0 spiro atoms. The van der Waals surface area contributed by atoms with E-state index in [2.05, 4.69) is 31.1 Å². The molecular formula is C16H20ClNO2S. The predicted molar refractivity (Wildman–Crippen MR) is 87.2 cm³/mol. The zero-order valence-electron chi connectivity index (χ0n) is 12.7. The van der Waals surface area contributed by atoms with Gasteiger partial charge in [0, 0.05) is 21.4 Å². The third kappa shape index (κ3) is 4.19. The molecule has 0 radical (unpaired) electrons. The highest BCUT2D eigenvalue weighted by molar-refractivity contribution is 7.09. The van der Waals surface area contributed by atoms with E-state index in [9.17, 15) is 5.11 Å². The van der Waals surface area contributed by atoms with Gasteiger partial charge in [-0.3, -0.25) is 0 Å². The Morgan fingerprint density at radius 1 is 1.38 bits per heavy atom. The van der Waals surface area contributed by atoms with Crippen LogP contribution >= 0.6 is 22.9 Å². The average Bonchev–Trinajstić information content (AvgIpc) is 2.85. The quantitative estimate of drug-likeness (QED) is 0.884. The SMILES string of the molecule is C[C@@H](O)c1cc(Cl)ccc1OCc1nc(C(C)(C)C)cs1. The van der Waals surface area contributed by atoms with Crippen LogP contribution in [0.3, 0.4) is 0 Å². The predicted octanol–water partition coefficient (Wildman–Crippen LogP) is 4.73. The number of ether oxygens (including phenoxy) is 1. The van der Waals surface area contributed by atoms with Crippen LogP contribution in [0.5, 0.6) is 5.75 Å². The van der Waals surface area contributed by atoms with E-state index < -0.39 is 6.10 Å². The monoisotopic (exact) mass is 325 g/mol. The summed E-state index contributed by atoms with van der Waals surface area (Å²) < 4.78 is 5.79. The van der Waals surface area contributed by atoms with E-state index in [-0.39, 0.29) is 5.41 Å².